The summed E-state index contributed by atoms with van der Waals surface area (Å²) in [6.45, 7) is 0.539. The van der Waals surface area contributed by atoms with E-state index in [0.29, 0.717) is 29.5 Å². The Morgan fingerprint density at radius 3 is 3.20 bits per heavy atom. The average molecular weight is 337 g/mol. The van der Waals surface area contributed by atoms with Crippen LogP contribution in [-0.4, -0.2) is 42.2 Å². The highest BCUT2D eigenvalue weighted by atomic mass is 16.3. The molecule has 4 aromatic heterocycles. The number of hydrogen-bond acceptors (Lipinski definition) is 6. The molecule has 4 rings (SSSR count). The third-order valence-electron chi connectivity index (χ3n) is 3.71. The lowest BCUT2D eigenvalue weighted by Crippen LogP contribution is -2.25. The van der Waals surface area contributed by atoms with E-state index < -0.39 is 0 Å². The van der Waals surface area contributed by atoms with Gasteiger partial charge < -0.3 is 9.73 Å². The van der Waals surface area contributed by atoms with Gasteiger partial charge in [0.15, 0.2) is 11.5 Å². The van der Waals surface area contributed by atoms with Gasteiger partial charge in [0.05, 0.1) is 6.26 Å². The van der Waals surface area contributed by atoms with E-state index in [2.05, 4.69) is 30.6 Å². The summed E-state index contributed by atoms with van der Waals surface area (Å²) < 4.78 is 6.90. The van der Waals surface area contributed by atoms with Gasteiger partial charge in [-0.1, -0.05) is 0 Å². The third kappa shape index (κ3) is 3.25. The van der Waals surface area contributed by atoms with Crippen LogP contribution in [0.5, 0.6) is 0 Å². The number of nitrogens with one attached hydrogen (secondary N) is 2. The first-order chi connectivity index (χ1) is 12.3. The van der Waals surface area contributed by atoms with Crippen molar-refractivity contribution in [2.24, 2.45) is 0 Å². The summed E-state index contributed by atoms with van der Waals surface area (Å²) in [6.07, 6.45) is 8.26. The highest BCUT2D eigenvalue weighted by Crippen LogP contribution is 2.17. The summed E-state index contributed by atoms with van der Waals surface area (Å²) in [6, 6.07) is 5.24. The van der Waals surface area contributed by atoms with Crippen molar-refractivity contribution in [3.05, 3.63) is 54.4 Å². The lowest BCUT2D eigenvalue weighted by molar-refractivity contribution is 0.0948. The van der Waals surface area contributed by atoms with Crippen molar-refractivity contribution >= 4 is 11.7 Å². The van der Waals surface area contributed by atoms with E-state index in [9.17, 15) is 4.79 Å². The van der Waals surface area contributed by atoms with E-state index in [-0.39, 0.29) is 5.91 Å². The Bertz CT molecular complexity index is 987. The molecule has 0 unspecified atom stereocenters. The van der Waals surface area contributed by atoms with E-state index in [0.717, 1.165) is 18.4 Å². The largest absolute Gasteiger partial charge is 0.463 e. The maximum absolute atomic E-state index is 12.1. The van der Waals surface area contributed by atoms with E-state index in [4.69, 9.17) is 4.42 Å². The van der Waals surface area contributed by atoms with E-state index in [1.54, 1.807) is 35.2 Å². The summed E-state index contributed by atoms with van der Waals surface area (Å²) in [5.41, 5.74) is 2.03. The van der Waals surface area contributed by atoms with Crippen molar-refractivity contribution in [2.75, 3.05) is 6.54 Å². The number of fused-ring (bicyclic) bond motifs is 1. The smallest absolute Gasteiger partial charge is 0.271 e. The molecular weight excluding hydrogens is 322 g/mol. The van der Waals surface area contributed by atoms with Gasteiger partial charge >= 0.3 is 0 Å². The molecule has 0 aliphatic rings. The minimum absolute atomic E-state index is 0.223. The topological polar surface area (TPSA) is 114 Å². The molecule has 4 heterocycles. The van der Waals surface area contributed by atoms with Crippen LogP contribution in [0.3, 0.4) is 0 Å². The van der Waals surface area contributed by atoms with Crippen LogP contribution in [0.15, 0.2) is 47.6 Å². The normalized spacial score (nSPS) is 11.0. The summed E-state index contributed by atoms with van der Waals surface area (Å²) in [7, 11) is 0. The molecule has 0 aliphatic carbocycles. The molecule has 4 aromatic rings. The average Bonchev–Trinajstić information content (AvgIpc) is 3.38. The van der Waals surface area contributed by atoms with Gasteiger partial charge in [0.1, 0.15) is 12.0 Å². The Balaban J connectivity index is 1.28. The van der Waals surface area contributed by atoms with Crippen molar-refractivity contribution in [2.45, 2.75) is 12.8 Å². The highest BCUT2D eigenvalue weighted by molar-refractivity contribution is 5.93. The first-order valence-corrected chi connectivity index (χ1v) is 7.81. The maximum Gasteiger partial charge on any atom is 0.271 e. The van der Waals surface area contributed by atoms with Gasteiger partial charge in [-0.2, -0.15) is 15.2 Å². The minimum Gasteiger partial charge on any atom is -0.463 e. The molecular formula is C16H15N7O2. The Morgan fingerprint density at radius 1 is 1.36 bits per heavy atom. The number of carbonyl (C=O) groups is 1. The lowest BCUT2D eigenvalue weighted by Gasteiger charge is -2.03. The summed E-state index contributed by atoms with van der Waals surface area (Å²) in [4.78, 5) is 20.3. The van der Waals surface area contributed by atoms with Crippen molar-refractivity contribution in [1.82, 2.24) is 35.1 Å². The molecule has 9 nitrogen and oxygen atoms in total. The van der Waals surface area contributed by atoms with Crippen molar-refractivity contribution < 1.29 is 9.21 Å². The maximum atomic E-state index is 12.1. The Hall–Kier alpha value is -3.49. The van der Waals surface area contributed by atoms with Gasteiger partial charge in [-0.05, 0) is 30.5 Å². The first kappa shape index (κ1) is 15.1. The van der Waals surface area contributed by atoms with Crippen LogP contribution < -0.4 is 5.32 Å². The van der Waals surface area contributed by atoms with Crippen molar-refractivity contribution in [1.29, 1.82) is 0 Å². The summed E-state index contributed by atoms with van der Waals surface area (Å²) in [5, 5.41) is 13.7. The van der Waals surface area contributed by atoms with Crippen LogP contribution in [0, 0.1) is 0 Å². The second-order valence-corrected chi connectivity index (χ2v) is 5.47. The monoisotopic (exact) mass is 337 g/mol. The molecule has 0 fully saturated rings. The molecule has 0 spiro atoms. The van der Waals surface area contributed by atoms with Crippen LogP contribution in [0.1, 0.15) is 22.5 Å². The number of aromatic amines is 1. The second-order valence-electron chi connectivity index (χ2n) is 5.47. The predicted octanol–water partition coefficient (Wildman–Crippen LogP) is 1.47. The molecule has 25 heavy (non-hydrogen) atoms. The number of furan rings is 1. The molecule has 9 heteroatoms. The first-order valence-electron chi connectivity index (χ1n) is 7.81. The van der Waals surface area contributed by atoms with Crippen molar-refractivity contribution in [3.8, 4) is 11.5 Å². The van der Waals surface area contributed by atoms with Gasteiger partial charge in [0.25, 0.3) is 11.7 Å². The van der Waals surface area contributed by atoms with Crippen LogP contribution in [0.25, 0.3) is 17.2 Å². The number of aromatic nitrogens is 6. The number of amides is 1. The Morgan fingerprint density at radius 2 is 2.32 bits per heavy atom. The zero-order chi connectivity index (χ0) is 17.1. The van der Waals surface area contributed by atoms with Gasteiger partial charge in [-0.25, -0.2) is 9.50 Å². The van der Waals surface area contributed by atoms with Gasteiger partial charge in [-0.3, -0.25) is 9.89 Å². The highest BCUT2D eigenvalue weighted by Gasteiger charge is 2.12. The molecule has 0 atom stereocenters. The van der Waals surface area contributed by atoms with E-state index in [1.807, 2.05) is 6.20 Å². The summed E-state index contributed by atoms with van der Waals surface area (Å²) in [5.74, 6) is 0.990. The predicted molar refractivity (Wildman–Crippen MR) is 87.7 cm³/mol. The fourth-order valence-electron chi connectivity index (χ4n) is 2.47. The zero-order valence-electron chi connectivity index (χ0n) is 13.2. The SMILES string of the molecule is O=C(NCCCc1cnc2ncnn2c1)c1cc(-c2ccco2)[nH]n1. The minimum atomic E-state index is -0.223. The number of nitrogens with zero attached hydrogens (tertiary/aromatic N) is 5. The van der Waals surface area contributed by atoms with Gasteiger partial charge in [-0.15, -0.1) is 0 Å². The number of aryl methyl sites for hydroxylation is 1. The van der Waals surface area contributed by atoms with Crippen LogP contribution in [0.4, 0.5) is 0 Å². The van der Waals surface area contributed by atoms with Gasteiger partial charge in [0.2, 0.25) is 0 Å². The lowest BCUT2D eigenvalue weighted by atomic mass is 10.2. The molecule has 0 saturated carbocycles. The number of carbonyl (C=O) groups excluding carboxylic acids is 1. The quantitative estimate of drug-likeness (QED) is 0.515. The number of hydrogen-bond donors (Lipinski definition) is 2. The van der Waals surface area contributed by atoms with E-state index >= 15 is 0 Å². The fourth-order valence-corrected chi connectivity index (χ4v) is 2.47. The van der Waals surface area contributed by atoms with Crippen LogP contribution >= 0.6 is 0 Å². The number of H-pyrrole nitrogens is 1. The summed E-state index contributed by atoms with van der Waals surface area (Å²) >= 11 is 0. The number of rotatable bonds is 6. The zero-order valence-corrected chi connectivity index (χ0v) is 13.2. The van der Waals surface area contributed by atoms with Crippen molar-refractivity contribution in [3.63, 3.8) is 0 Å². The fraction of sp³-hybridized carbons (Fsp3) is 0.188. The van der Waals surface area contributed by atoms with Crippen LogP contribution in [0.2, 0.25) is 0 Å². The van der Waals surface area contributed by atoms with E-state index in [1.165, 1.54) is 6.33 Å². The molecule has 126 valence electrons. The molecule has 1 amide bonds. The molecule has 0 aromatic carbocycles. The molecule has 0 saturated heterocycles. The Labute approximate surface area is 142 Å². The standard InChI is InChI=1S/C16H15N7O2/c24-15(13-7-12(21-22-13)14-4-2-6-25-14)17-5-1-3-11-8-18-16-19-10-20-23(16)9-11/h2,4,6-10H,1,3,5H2,(H,17,24)(H,21,22). The van der Waals surface area contributed by atoms with Crippen LogP contribution in [-0.2, 0) is 6.42 Å². The second kappa shape index (κ2) is 6.56. The third-order valence-corrected chi connectivity index (χ3v) is 3.71. The Kier molecular flexibility index (Phi) is 3.95. The van der Waals surface area contributed by atoms with Gasteiger partial charge in [0, 0.05) is 25.0 Å². The molecule has 2 N–H and O–H groups in total. The molecule has 0 bridgehead atoms. The molecule has 0 radical (unpaired) electrons. The molecule has 0 aliphatic heterocycles.